The fourth-order valence-corrected chi connectivity index (χ4v) is 2.85. The molecular formula is C14H12FIN4. The van der Waals surface area contributed by atoms with E-state index in [0.29, 0.717) is 10.9 Å². The zero-order valence-electron chi connectivity index (χ0n) is 11.0. The van der Waals surface area contributed by atoms with Crippen LogP contribution in [0.15, 0.2) is 24.5 Å². The molecule has 0 fully saturated rings. The van der Waals surface area contributed by atoms with E-state index in [9.17, 15) is 4.39 Å². The summed E-state index contributed by atoms with van der Waals surface area (Å²) in [6, 6.07) is 3.64. The Balaban J connectivity index is 2.37. The number of halogens is 2. The van der Waals surface area contributed by atoms with Crippen molar-refractivity contribution < 1.29 is 4.39 Å². The summed E-state index contributed by atoms with van der Waals surface area (Å²) in [4.78, 5) is 4.04. The Morgan fingerprint density at radius 1 is 1.25 bits per heavy atom. The van der Waals surface area contributed by atoms with E-state index in [1.807, 2.05) is 20.0 Å². The number of pyridine rings is 1. The standard InChI is InChI=1S/C14H12FIN4/c1-7-10(5-19-20(7)2)8-3-4-9-11(16)6-18-14(17)12(9)13(8)15/h3-6H,1-2H3,(H2,17,18). The Morgan fingerprint density at radius 3 is 2.65 bits per heavy atom. The van der Waals surface area contributed by atoms with Gasteiger partial charge >= 0.3 is 0 Å². The van der Waals surface area contributed by atoms with Gasteiger partial charge in [-0.25, -0.2) is 9.37 Å². The fourth-order valence-electron chi connectivity index (χ4n) is 2.26. The Hall–Kier alpha value is -1.70. The number of nitrogens with zero attached hydrogens (tertiary/aromatic N) is 3. The number of hydrogen-bond donors (Lipinski definition) is 1. The lowest BCUT2D eigenvalue weighted by Gasteiger charge is -2.09. The quantitative estimate of drug-likeness (QED) is 0.658. The molecule has 6 heteroatoms. The maximum Gasteiger partial charge on any atom is 0.142 e. The first-order valence-corrected chi connectivity index (χ1v) is 7.09. The number of aromatic nitrogens is 3. The molecule has 3 aromatic rings. The minimum absolute atomic E-state index is 0.210. The van der Waals surface area contributed by atoms with E-state index in [0.717, 1.165) is 20.2 Å². The van der Waals surface area contributed by atoms with Gasteiger partial charge in [0.1, 0.15) is 11.6 Å². The van der Waals surface area contributed by atoms with Crippen LogP contribution < -0.4 is 5.73 Å². The van der Waals surface area contributed by atoms with E-state index in [1.165, 1.54) is 0 Å². The molecule has 2 heterocycles. The topological polar surface area (TPSA) is 56.7 Å². The Bertz CT molecular complexity index is 826. The smallest absolute Gasteiger partial charge is 0.142 e. The minimum Gasteiger partial charge on any atom is -0.383 e. The van der Waals surface area contributed by atoms with Crippen molar-refractivity contribution in [3.8, 4) is 11.1 Å². The van der Waals surface area contributed by atoms with Gasteiger partial charge < -0.3 is 5.73 Å². The molecule has 20 heavy (non-hydrogen) atoms. The first-order chi connectivity index (χ1) is 9.50. The number of anilines is 1. The molecule has 0 aliphatic heterocycles. The zero-order valence-corrected chi connectivity index (χ0v) is 13.1. The summed E-state index contributed by atoms with van der Waals surface area (Å²) in [5.41, 5.74) is 8.01. The van der Waals surface area contributed by atoms with Crippen molar-refractivity contribution in [1.29, 1.82) is 0 Å². The second-order valence-corrected chi connectivity index (χ2v) is 5.77. The number of aryl methyl sites for hydroxylation is 1. The Labute approximate surface area is 128 Å². The van der Waals surface area contributed by atoms with Crippen LogP contribution in [-0.2, 0) is 7.05 Å². The average molecular weight is 382 g/mol. The summed E-state index contributed by atoms with van der Waals surface area (Å²) in [5.74, 6) is -0.136. The summed E-state index contributed by atoms with van der Waals surface area (Å²) < 4.78 is 17.4. The van der Waals surface area contributed by atoms with E-state index in [2.05, 4.69) is 32.7 Å². The molecule has 0 amide bonds. The number of benzene rings is 1. The first kappa shape index (κ1) is 13.3. The van der Waals surface area contributed by atoms with Crippen LogP contribution in [0.1, 0.15) is 5.69 Å². The highest BCUT2D eigenvalue weighted by atomic mass is 127. The Morgan fingerprint density at radius 2 is 2.00 bits per heavy atom. The molecular weight excluding hydrogens is 370 g/mol. The second-order valence-electron chi connectivity index (χ2n) is 4.61. The third-order valence-corrected chi connectivity index (χ3v) is 4.36. The molecule has 3 rings (SSSR count). The molecule has 4 nitrogen and oxygen atoms in total. The molecule has 2 N–H and O–H groups in total. The van der Waals surface area contributed by atoms with Gasteiger partial charge in [0.2, 0.25) is 0 Å². The third-order valence-electron chi connectivity index (χ3n) is 3.50. The van der Waals surface area contributed by atoms with Crippen molar-refractivity contribution in [3.05, 3.63) is 39.6 Å². The molecule has 102 valence electrons. The lowest BCUT2D eigenvalue weighted by molar-refractivity contribution is 0.643. The fraction of sp³-hybridized carbons (Fsp3) is 0.143. The van der Waals surface area contributed by atoms with Crippen LogP contribution >= 0.6 is 22.6 Å². The molecule has 0 unspecified atom stereocenters. The second kappa shape index (κ2) is 4.69. The minimum atomic E-state index is -0.345. The number of rotatable bonds is 1. The lowest BCUT2D eigenvalue weighted by atomic mass is 10.0. The first-order valence-electron chi connectivity index (χ1n) is 6.02. The predicted molar refractivity (Wildman–Crippen MR) is 85.8 cm³/mol. The van der Waals surface area contributed by atoms with Gasteiger partial charge in [-0.1, -0.05) is 12.1 Å². The van der Waals surface area contributed by atoms with E-state index in [1.54, 1.807) is 23.1 Å². The van der Waals surface area contributed by atoms with Crippen LogP contribution in [0.3, 0.4) is 0 Å². The molecule has 0 radical (unpaired) electrons. The van der Waals surface area contributed by atoms with Gasteiger partial charge in [0.05, 0.1) is 11.6 Å². The molecule has 0 spiro atoms. The van der Waals surface area contributed by atoms with Gasteiger partial charge in [0.25, 0.3) is 0 Å². The summed E-state index contributed by atoms with van der Waals surface area (Å²) in [7, 11) is 1.83. The number of hydrogen-bond acceptors (Lipinski definition) is 3. The van der Waals surface area contributed by atoms with Crippen LogP contribution in [0.4, 0.5) is 10.2 Å². The summed E-state index contributed by atoms with van der Waals surface area (Å²) in [6.07, 6.45) is 3.31. The van der Waals surface area contributed by atoms with Crippen LogP contribution in [0.25, 0.3) is 21.9 Å². The molecule has 0 atom stereocenters. The van der Waals surface area contributed by atoms with Crippen LogP contribution in [0, 0.1) is 16.3 Å². The maximum absolute atomic E-state index is 14.8. The molecule has 0 aliphatic rings. The average Bonchev–Trinajstić information content (AvgIpc) is 2.75. The van der Waals surface area contributed by atoms with Crippen molar-refractivity contribution in [2.75, 3.05) is 5.73 Å². The summed E-state index contributed by atoms with van der Waals surface area (Å²) >= 11 is 2.13. The molecule has 0 saturated heterocycles. The summed E-state index contributed by atoms with van der Waals surface area (Å²) in [6.45, 7) is 1.91. The number of nitrogen functional groups attached to an aromatic ring is 1. The molecule has 1 aromatic carbocycles. The van der Waals surface area contributed by atoms with E-state index in [4.69, 9.17) is 5.73 Å². The monoisotopic (exact) mass is 382 g/mol. The molecule has 0 bridgehead atoms. The molecule has 2 aromatic heterocycles. The van der Waals surface area contributed by atoms with E-state index >= 15 is 0 Å². The van der Waals surface area contributed by atoms with E-state index in [-0.39, 0.29) is 11.6 Å². The van der Waals surface area contributed by atoms with Gasteiger partial charge in [0.15, 0.2) is 0 Å². The van der Waals surface area contributed by atoms with Crippen molar-refractivity contribution in [2.45, 2.75) is 6.92 Å². The van der Waals surface area contributed by atoms with Crippen molar-refractivity contribution in [3.63, 3.8) is 0 Å². The zero-order chi connectivity index (χ0) is 14.4. The van der Waals surface area contributed by atoms with Crippen molar-refractivity contribution in [2.24, 2.45) is 7.05 Å². The third kappa shape index (κ3) is 1.86. The van der Waals surface area contributed by atoms with Crippen molar-refractivity contribution >= 4 is 39.2 Å². The number of nitrogens with two attached hydrogens (primary N) is 1. The van der Waals surface area contributed by atoms with Gasteiger partial charge in [0, 0.05) is 39.0 Å². The lowest BCUT2D eigenvalue weighted by Crippen LogP contribution is -1.98. The SMILES string of the molecule is Cc1c(-c2ccc3c(I)cnc(N)c3c2F)cnn1C. The highest BCUT2D eigenvalue weighted by Gasteiger charge is 2.17. The molecule has 0 saturated carbocycles. The van der Waals surface area contributed by atoms with Crippen LogP contribution in [-0.4, -0.2) is 14.8 Å². The highest BCUT2D eigenvalue weighted by Crippen LogP contribution is 2.34. The number of fused-ring (bicyclic) bond motifs is 1. The normalized spacial score (nSPS) is 11.2. The van der Waals surface area contributed by atoms with Gasteiger partial charge in [-0.15, -0.1) is 0 Å². The van der Waals surface area contributed by atoms with Crippen LogP contribution in [0.5, 0.6) is 0 Å². The predicted octanol–water partition coefficient (Wildman–Crippen LogP) is 3.27. The van der Waals surface area contributed by atoms with E-state index < -0.39 is 0 Å². The van der Waals surface area contributed by atoms with Gasteiger partial charge in [-0.05, 0) is 29.5 Å². The maximum atomic E-state index is 14.8. The van der Waals surface area contributed by atoms with Crippen LogP contribution in [0.2, 0.25) is 0 Å². The molecule has 0 aliphatic carbocycles. The van der Waals surface area contributed by atoms with Gasteiger partial charge in [-0.3, -0.25) is 4.68 Å². The Kier molecular flexibility index (Phi) is 3.12. The van der Waals surface area contributed by atoms with Gasteiger partial charge in [-0.2, -0.15) is 5.10 Å². The van der Waals surface area contributed by atoms with Crippen molar-refractivity contribution in [1.82, 2.24) is 14.8 Å². The summed E-state index contributed by atoms with van der Waals surface area (Å²) in [5, 5.41) is 5.31. The highest BCUT2D eigenvalue weighted by molar-refractivity contribution is 14.1. The largest absolute Gasteiger partial charge is 0.383 e.